The molecule has 0 fully saturated rings. The van der Waals surface area contributed by atoms with Gasteiger partial charge in [-0.25, -0.2) is 0 Å². The Kier molecular flexibility index (Phi) is 11.0. The SMILES string of the molecule is CCOc1ccc(Cl)cc1CNCCOCCO.[Cl-]. The molecule has 6 heteroatoms. The van der Waals surface area contributed by atoms with Crippen LogP contribution in [-0.4, -0.2) is 38.1 Å². The Balaban J connectivity index is 0.00000324. The minimum atomic E-state index is 0. The highest BCUT2D eigenvalue weighted by molar-refractivity contribution is 6.30. The number of rotatable bonds is 9. The Hall–Kier alpha value is -0.520. The van der Waals surface area contributed by atoms with E-state index in [4.69, 9.17) is 26.2 Å². The lowest BCUT2D eigenvalue weighted by Crippen LogP contribution is -3.00. The van der Waals surface area contributed by atoms with Gasteiger partial charge in [-0.2, -0.15) is 0 Å². The first-order valence-corrected chi connectivity index (χ1v) is 6.46. The van der Waals surface area contributed by atoms with Crippen LogP contribution in [0.5, 0.6) is 5.75 Å². The van der Waals surface area contributed by atoms with Gasteiger partial charge in [-0.15, -0.1) is 0 Å². The molecule has 1 aromatic rings. The van der Waals surface area contributed by atoms with Crippen molar-refractivity contribution in [3.8, 4) is 5.75 Å². The van der Waals surface area contributed by atoms with Crippen LogP contribution in [0.15, 0.2) is 18.2 Å². The largest absolute Gasteiger partial charge is 1.00 e. The van der Waals surface area contributed by atoms with Crippen molar-refractivity contribution in [1.29, 1.82) is 0 Å². The molecule has 0 saturated carbocycles. The summed E-state index contributed by atoms with van der Waals surface area (Å²) >= 11 is 5.96. The van der Waals surface area contributed by atoms with Gasteiger partial charge in [-0.1, -0.05) is 11.6 Å². The average Bonchev–Trinajstić information content (AvgIpc) is 2.37. The van der Waals surface area contributed by atoms with E-state index >= 15 is 0 Å². The van der Waals surface area contributed by atoms with Crippen molar-refractivity contribution in [2.24, 2.45) is 0 Å². The zero-order valence-corrected chi connectivity index (χ0v) is 12.5. The fourth-order valence-corrected chi connectivity index (χ4v) is 1.71. The molecule has 0 bridgehead atoms. The maximum absolute atomic E-state index is 8.55. The second-order valence-corrected chi connectivity index (χ2v) is 4.13. The Bertz CT molecular complexity index is 351. The molecule has 0 aliphatic carbocycles. The van der Waals surface area contributed by atoms with Crippen molar-refractivity contribution in [1.82, 2.24) is 5.32 Å². The fourth-order valence-electron chi connectivity index (χ4n) is 1.52. The van der Waals surface area contributed by atoms with Crippen molar-refractivity contribution >= 4 is 11.6 Å². The van der Waals surface area contributed by atoms with Gasteiger partial charge in [0.15, 0.2) is 0 Å². The molecule has 0 aromatic heterocycles. The van der Waals surface area contributed by atoms with Crippen molar-refractivity contribution in [3.05, 3.63) is 28.8 Å². The molecule has 0 heterocycles. The summed E-state index contributed by atoms with van der Waals surface area (Å²) in [6.07, 6.45) is 0. The number of benzene rings is 1. The predicted octanol–water partition coefficient (Wildman–Crippen LogP) is -1.16. The second-order valence-electron chi connectivity index (χ2n) is 3.70. The van der Waals surface area contributed by atoms with Crippen LogP contribution in [0.4, 0.5) is 0 Å². The molecule has 4 nitrogen and oxygen atoms in total. The van der Waals surface area contributed by atoms with E-state index < -0.39 is 0 Å². The number of aliphatic hydroxyl groups excluding tert-OH is 1. The Morgan fingerprint density at radius 3 is 2.79 bits per heavy atom. The molecule has 2 N–H and O–H groups in total. The molecule has 1 rings (SSSR count). The van der Waals surface area contributed by atoms with Crippen molar-refractivity contribution in [2.45, 2.75) is 13.5 Å². The fraction of sp³-hybridized carbons (Fsp3) is 0.538. The smallest absolute Gasteiger partial charge is 0.123 e. The topological polar surface area (TPSA) is 50.7 Å². The first-order chi connectivity index (χ1) is 8.77. The highest BCUT2D eigenvalue weighted by atomic mass is 35.5. The van der Waals surface area contributed by atoms with Crippen LogP contribution < -0.4 is 22.5 Å². The number of aliphatic hydroxyl groups is 1. The van der Waals surface area contributed by atoms with Gasteiger partial charge >= 0.3 is 0 Å². The lowest BCUT2D eigenvalue weighted by molar-refractivity contribution is -0.00000539. The summed E-state index contributed by atoms with van der Waals surface area (Å²) in [5, 5.41) is 12.5. The van der Waals surface area contributed by atoms with Crippen molar-refractivity contribution < 1.29 is 27.0 Å². The van der Waals surface area contributed by atoms with Crippen LogP contribution in [-0.2, 0) is 11.3 Å². The van der Waals surface area contributed by atoms with E-state index in [0.29, 0.717) is 31.4 Å². The van der Waals surface area contributed by atoms with Crippen LogP contribution in [0.2, 0.25) is 5.02 Å². The highest BCUT2D eigenvalue weighted by Crippen LogP contribution is 2.22. The third kappa shape index (κ3) is 7.60. The van der Waals surface area contributed by atoms with E-state index in [-0.39, 0.29) is 19.0 Å². The summed E-state index contributed by atoms with van der Waals surface area (Å²) < 4.78 is 10.7. The minimum absolute atomic E-state index is 0. The molecule has 0 amide bonds. The molecule has 110 valence electrons. The molecule has 0 aliphatic rings. The normalized spacial score (nSPS) is 10.1. The Morgan fingerprint density at radius 2 is 2.11 bits per heavy atom. The summed E-state index contributed by atoms with van der Waals surface area (Å²) in [6, 6.07) is 5.60. The van der Waals surface area contributed by atoms with E-state index in [2.05, 4.69) is 5.32 Å². The first-order valence-electron chi connectivity index (χ1n) is 6.08. The van der Waals surface area contributed by atoms with E-state index in [1.54, 1.807) is 0 Å². The minimum Gasteiger partial charge on any atom is -1.00 e. The monoisotopic (exact) mass is 308 g/mol. The number of nitrogens with one attached hydrogen (secondary N) is 1. The van der Waals surface area contributed by atoms with Crippen LogP contribution in [0.1, 0.15) is 12.5 Å². The molecule has 0 spiro atoms. The number of ether oxygens (including phenoxy) is 2. The van der Waals surface area contributed by atoms with Gasteiger partial charge in [0.05, 0.1) is 26.4 Å². The van der Waals surface area contributed by atoms with Crippen LogP contribution in [0, 0.1) is 0 Å². The van der Waals surface area contributed by atoms with Crippen LogP contribution >= 0.6 is 11.6 Å². The second kappa shape index (κ2) is 11.3. The molecule has 1 aromatic carbocycles. The summed E-state index contributed by atoms with van der Waals surface area (Å²) in [7, 11) is 0. The molecule has 0 saturated heterocycles. The van der Waals surface area contributed by atoms with Gasteiger partial charge in [0.1, 0.15) is 5.75 Å². The summed E-state index contributed by atoms with van der Waals surface area (Å²) in [6.45, 7) is 5.00. The standard InChI is InChI=1S/C13H20ClNO3.ClH/c1-2-18-13-4-3-12(14)9-11(13)10-15-5-7-17-8-6-16;/h3-4,9,15-16H,2,5-8,10H2,1H3;1H/p-1. The Morgan fingerprint density at radius 1 is 1.32 bits per heavy atom. The third-order valence-corrected chi connectivity index (χ3v) is 2.53. The van der Waals surface area contributed by atoms with E-state index in [1.807, 2.05) is 25.1 Å². The van der Waals surface area contributed by atoms with Crippen LogP contribution in [0.3, 0.4) is 0 Å². The van der Waals surface area contributed by atoms with Gasteiger partial charge in [0.2, 0.25) is 0 Å². The molecular formula is C13H20Cl2NO3-. The molecule has 0 aliphatic heterocycles. The van der Waals surface area contributed by atoms with Gasteiger partial charge in [-0.05, 0) is 25.1 Å². The summed E-state index contributed by atoms with van der Waals surface area (Å²) in [5.74, 6) is 0.852. The molecule has 19 heavy (non-hydrogen) atoms. The molecule has 0 unspecified atom stereocenters. The summed E-state index contributed by atoms with van der Waals surface area (Å²) in [5.41, 5.74) is 1.03. The molecular weight excluding hydrogens is 289 g/mol. The van der Waals surface area contributed by atoms with Gasteiger partial charge < -0.3 is 32.3 Å². The Labute approximate surface area is 125 Å². The third-order valence-electron chi connectivity index (χ3n) is 2.30. The van der Waals surface area contributed by atoms with Gasteiger partial charge in [0.25, 0.3) is 0 Å². The number of halogens is 2. The van der Waals surface area contributed by atoms with Gasteiger partial charge in [-0.3, -0.25) is 0 Å². The quantitative estimate of drug-likeness (QED) is 0.565. The lowest BCUT2D eigenvalue weighted by atomic mass is 10.2. The zero-order chi connectivity index (χ0) is 13.2. The maximum atomic E-state index is 8.55. The van der Waals surface area contributed by atoms with Crippen molar-refractivity contribution in [2.75, 3.05) is 33.0 Å². The number of hydrogen-bond donors (Lipinski definition) is 2. The first kappa shape index (κ1) is 18.5. The van der Waals surface area contributed by atoms with Crippen LogP contribution in [0.25, 0.3) is 0 Å². The highest BCUT2D eigenvalue weighted by Gasteiger charge is 2.03. The molecule has 0 radical (unpaired) electrons. The maximum Gasteiger partial charge on any atom is 0.123 e. The van der Waals surface area contributed by atoms with E-state index in [9.17, 15) is 0 Å². The summed E-state index contributed by atoms with van der Waals surface area (Å²) in [4.78, 5) is 0. The molecule has 0 atom stereocenters. The van der Waals surface area contributed by atoms with Crippen molar-refractivity contribution in [3.63, 3.8) is 0 Å². The van der Waals surface area contributed by atoms with E-state index in [1.165, 1.54) is 0 Å². The number of hydrogen-bond acceptors (Lipinski definition) is 4. The average molecular weight is 309 g/mol. The lowest BCUT2D eigenvalue weighted by Gasteiger charge is -2.11. The zero-order valence-electron chi connectivity index (χ0n) is 11.0. The predicted molar refractivity (Wildman–Crippen MR) is 72.2 cm³/mol. The van der Waals surface area contributed by atoms with E-state index in [0.717, 1.165) is 17.9 Å². The van der Waals surface area contributed by atoms with Gasteiger partial charge in [0, 0.05) is 23.7 Å².